The summed E-state index contributed by atoms with van der Waals surface area (Å²) >= 11 is 1.38. The number of aryl methyl sites for hydroxylation is 2. The Morgan fingerprint density at radius 2 is 2.10 bits per heavy atom. The van der Waals surface area contributed by atoms with Gasteiger partial charge in [0.2, 0.25) is 5.95 Å². The van der Waals surface area contributed by atoms with Gasteiger partial charge >= 0.3 is 0 Å². The molecule has 0 fully saturated rings. The number of nitrogens with zero attached hydrogens (tertiary/aromatic N) is 2. The lowest BCUT2D eigenvalue weighted by Crippen LogP contribution is -2.22. The van der Waals surface area contributed by atoms with Crippen molar-refractivity contribution in [3.05, 3.63) is 63.0 Å². The average molecular weight is 429 g/mol. The molecular weight excluding hydrogens is 408 g/mol. The second-order valence-corrected chi connectivity index (χ2v) is 10.3. The smallest absolute Gasteiger partial charge is 0.261 e. The second kappa shape index (κ2) is 7.57. The number of aromatic nitrogens is 2. The summed E-state index contributed by atoms with van der Waals surface area (Å²) in [6, 6.07) is 9.39. The van der Waals surface area contributed by atoms with E-state index in [1.807, 2.05) is 25.1 Å². The number of thiophene rings is 1. The van der Waals surface area contributed by atoms with Crippen LogP contribution in [0.1, 0.15) is 31.2 Å². The minimum absolute atomic E-state index is 0.0280. The van der Waals surface area contributed by atoms with E-state index in [1.54, 1.807) is 18.3 Å². The van der Waals surface area contributed by atoms with E-state index in [4.69, 9.17) is 5.73 Å². The van der Waals surface area contributed by atoms with Crippen LogP contribution in [0.3, 0.4) is 0 Å². The Labute approximate surface area is 172 Å². The first-order valence-electron chi connectivity index (χ1n) is 9.09. The molecule has 3 heterocycles. The van der Waals surface area contributed by atoms with Crippen molar-refractivity contribution in [2.75, 3.05) is 11.5 Å². The standard InChI is InChI=1S/C20H20N4O3S2/c1-12-8-13(16-4-6-22-20(21)24-16)2-3-14(12)10-23-19(25)18-9-15-11-29(26,27)7-5-17(15)28-18/h2-4,6,8-9H,5,7,10-11H2,1H3,(H,23,25)(H2,21,22,24). The number of amides is 1. The highest BCUT2D eigenvalue weighted by Gasteiger charge is 2.25. The van der Waals surface area contributed by atoms with Gasteiger partial charge in [0.15, 0.2) is 9.84 Å². The van der Waals surface area contributed by atoms with Gasteiger partial charge in [-0.3, -0.25) is 4.79 Å². The zero-order valence-corrected chi connectivity index (χ0v) is 17.4. The maximum atomic E-state index is 12.6. The van der Waals surface area contributed by atoms with E-state index in [2.05, 4.69) is 15.3 Å². The van der Waals surface area contributed by atoms with Crippen LogP contribution in [0, 0.1) is 6.92 Å². The lowest BCUT2D eigenvalue weighted by atomic mass is 10.0. The van der Waals surface area contributed by atoms with Crippen LogP contribution < -0.4 is 11.1 Å². The SMILES string of the molecule is Cc1cc(-c2ccnc(N)n2)ccc1CNC(=O)c1cc2c(s1)CCS(=O)(=O)C2. The van der Waals surface area contributed by atoms with Crippen molar-refractivity contribution in [1.29, 1.82) is 0 Å². The Kier molecular flexibility index (Phi) is 5.10. The van der Waals surface area contributed by atoms with Crippen LogP contribution in [-0.4, -0.2) is 30.0 Å². The third kappa shape index (κ3) is 4.30. The first-order chi connectivity index (χ1) is 13.8. The summed E-state index contributed by atoms with van der Waals surface area (Å²) in [6.45, 7) is 2.36. The molecule has 0 unspecified atom stereocenters. The maximum absolute atomic E-state index is 12.6. The average Bonchev–Trinajstić information content (AvgIpc) is 3.09. The molecule has 0 spiro atoms. The van der Waals surface area contributed by atoms with Gasteiger partial charge < -0.3 is 11.1 Å². The summed E-state index contributed by atoms with van der Waals surface area (Å²) in [7, 11) is -3.04. The zero-order chi connectivity index (χ0) is 20.6. The number of anilines is 1. The van der Waals surface area contributed by atoms with Crippen molar-refractivity contribution in [2.24, 2.45) is 0 Å². The normalized spacial score (nSPS) is 14.9. The van der Waals surface area contributed by atoms with Gasteiger partial charge in [-0.25, -0.2) is 18.4 Å². The topological polar surface area (TPSA) is 115 Å². The highest BCUT2D eigenvalue weighted by Crippen LogP contribution is 2.29. The highest BCUT2D eigenvalue weighted by molar-refractivity contribution is 7.90. The monoisotopic (exact) mass is 428 g/mol. The van der Waals surface area contributed by atoms with E-state index in [1.165, 1.54) is 11.3 Å². The van der Waals surface area contributed by atoms with Gasteiger partial charge in [0.25, 0.3) is 5.91 Å². The van der Waals surface area contributed by atoms with Gasteiger partial charge in [-0.1, -0.05) is 12.1 Å². The number of carbonyl (C=O) groups excluding carboxylic acids is 1. The third-order valence-corrected chi connectivity index (χ3v) is 7.70. The lowest BCUT2D eigenvalue weighted by molar-refractivity contribution is 0.0955. The molecule has 0 aliphatic carbocycles. The van der Waals surface area contributed by atoms with E-state index in [9.17, 15) is 13.2 Å². The number of rotatable bonds is 4. The van der Waals surface area contributed by atoms with Gasteiger partial charge in [-0.2, -0.15) is 0 Å². The molecule has 0 saturated heterocycles. The summed E-state index contributed by atoms with van der Waals surface area (Å²) in [4.78, 5) is 22.2. The van der Waals surface area contributed by atoms with E-state index in [0.29, 0.717) is 17.8 Å². The quantitative estimate of drug-likeness (QED) is 0.660. The van der Waals surface area contributed by atoms with E-state index in [-0.39, 0.29) is 23.4 Å². The van der Waals surface area contributed by atoms with E-state index < -0.39 is 9.84 Å². The number of fused-ring (bicyclic) bond motifs is 1. The van der Waals surface area contributed by atoms with Crippen molar-refractivity contribution < 1.29 is 13.2 Å². The summed E-state index contributed by atoms with van der Waals surface area (Å²) in [5.41, 5.74) is 10.1. The van der Waals surface area contributed by atoms with Crippen molar-refractivity contribution in [2.45, 2.75) is 25.6 Å². The molecule has 1 amide bonds. The third-order valence-electron chi connectivity index (χ3n) is 4.89. The molecule has 0 saturated carbocycles. The molecule has 3 N–H and O–H groups in total. The van der Waals surface area contributed by atoms with Gasteiger partial charge in [0.1, 0.15) is 0 Å². The zero-order valence-electron chi connectivity index (χ0n) is 15.8. The van der Waals surface area contributed by atoms with Crippen LogP contribution >= 0.6 is 11.3 Å². The number of hydrogen-bond donors (Lipinski definition) is 2. The second-order valence-electron chi connectivity index (χ2n) is 7.03. The molecule has 1 aliphatic rings. The number of nitrogens with one attached hydrogen (secondary N) is 1. The number of nitrogen functional groups attached to an aromatic ring is 1. The van der Waals surface area contributed by atoms with Crippen molar-refractivity contribution >= 4 is 33.0 Å². The molecule has 3 aromatic rings. The van der Waals surface area contributed by atoms with E-state index in [0.717, 1.165) is 32.8 Å². The summed E-state index contributed by atoms with van der Waals surface area (Å²) < 4.78 is 23.6. The summed E-state index contributed by atoms with van der Waals surface area (Å²) in [5.74, 6) is 0.225. The molecule has 29 heavy (non-hydrogen) atoms. The first-order valence-corrected chi connectivity index (χ1v) is 11.7. The van der Waals surface area contributed by atoms with Gasteiger partial charge in [0, 0.05) is 23.2 Å². The van der Waals surface area contributed by atoms with Crippen LogP contribution in [0.25, 0.3) is 11.3 Å². The van der Waals surface area contributed by atoms with Gasteiger partial charge in [-0.15, -0.1) is 11.3 Å². The summed E-state index contributed by atoms with van der Waals surface area (Å²) in [5, 5.41) is 2.93. The molecular formula is C20H20N4O3S2. The fourth-order valence-electron chi connectivity index (χ4n) is 3.32. The van der Waals surface area contributed by atoms with Crippen LogP contribution in [0.2, 0.25) is 0 Å². The van der Waals surface area contributed by atoms with Gasteiger partial charge in [-0.05, 0) is 48.2 Å². The molecule has 0 bridgehead atoms. The maximum Gasteiger partial charge on any atom is 0.261 e. The Bertz CT molecular complexity index is 1200. The largest absolute Gasteiger partial charge is 0.368 e. The Morgan fingerprint density at radius 3 is 2.86 bits per heavy atom. The molecule has 7 nitrogen and oxygen atoms in total. The fraction of sp³-hybridized carbons (Fsp3) is 0.250. The predicted octanol–water partition coefficient (Wildman–Crippen LogP) is 2.50. The minimum Gasteiger partial charge on any atom is -0.368 e. The fourth-order valence-corrected chi connectivity index (χ4v) is 6.03. The molecule has 9 heteroatoms. The lowest BCUT2D eigenvalue weighted by Gasteiger charge is -2.10. The molecule has 0 radical (unpaired) electrons. The number of sulfone groups is 1. The highest BCUT2D eigenvalue weighted by atomic mass is 32.2. The predicted molar refractivity (Wildman–Crippen MR) is 113 cm³/mol. The van der Waals surface area contributed by atoms with Crippen molar-refractivity contribution in [3.63, 3.8) is 0 Å². The van der Waals surface area contributed by atoms with E-state index >= 15 is 0 Å². The number of carbonyl (C=O) groups is 1. The van der Waals surface area contributed by atoms with Crippen LogP contribution in [0.4, 0.5) is 5.95 Å². The number of nitrogens with two attached hydrogens (primary N) is 1. The molecule has 1 aliphatic heterocycles. The van der Waals surface area contributed by atoms with Crippen molar-refractivity contribution in [3.8, 4) is 11.3 Å². The Hall–Kier alpha value is -2.78. The summed E-state index contributed by atoms with van der Waals surface area (Å²) in [6.07, 6.45) is 2.11. The molecule has 4 rings (SSSR count). The van der Waals surface area contributed by atoms with Crippen LogP contribution in [0.15, 0.2) is 36.5 Å². The molecule has 150 valence electrons. The number of benzene rings is 1. The van der Waals surface area contributed by atoms with Crippen molar-refractivity contribution in [1.82, 2.24) is 15.3 Å². The van der Waals surface area contributed by atoms with Crippen LogP contribution in [-0.2, 0) is 28.6 Å². The minimum atomic E-state index is -3.04. The van der Waals surface area contributed by atoms with Crippen LogP contribution in [0.5, 0.6) is 0 Å². The molecule has 2 aromatic heterocycles. The number of hydrogen-bond acceptors (Lipinski definition) is 7. The Morgan fingerprint density at radius 1 is 1.28 bits per heavy atom. The Balaban J connectivity index is 1.45. The molecule has 0 atom stereocenters. The molecule has 1 aromatic carbocycles. The first kappa shape index (κ1) is 19.5. The van der Waals surface area contributed by atoms with Gasteiger partial charge in [0.05, 0.1) is 22.1 Å².